The molecule has 1 aliphatic rings. The maximum Gasteiger partial charge on any atom is 0.303 e. The van der Waals surface area contributed by atoms with Crippen LogP contribution < -0.4 is 4.74 Å². The Kier molecular flexibility index (Phi) is 2.77. The summed E-state index contributed by atoms with van der Waals surface area (Å²) in [6, 6.07) is 2.53. The molecule has 0 spiro atoms. The van der Waals surface area contributed by atoms with Crippen molar-refractivity contribution in [3.05, 3.63) is 29.3 Å². The monoisotopic (exact) mass is 242 g/mol. The van der Waals surface area contributed by atoms with Crippen molar-refractivity contribution >= 4 is 5.97 Å². The first-order valence-electron chi connectivity index (χ1n) is 5.29. The summed E-state index contributed by atoms with van der Waals surface area (Å²) >= 11 is 0. The number of halogens is 2. The Labute approximate surface area is 97.0 Å². The molecule has 0 radical (unpaired) electrons. The number of ether oxygens (including phenoxy) is 1. The van der Waals surface area contributed by atoms with Gasteiger partial charge < -0.3 is 9.84 Å². The summed E-state index contributed by atoms with van der Waals surface area (Å²) in [5, 5.41) is 8.61. The van der Waals surface area contributed by atoms with Gasteiger partial charge in [-0.1, -0.05) is 6.07 Å². The standard InChI is InChI=1S/C12H12F2O3/c1-12(5-4-9(15)16)6-7-2-3-8(13)10(14)11(7)17-12/h2-3H,4-6H2,1H3,(H,15,16). The molecule has 5 heteroatoms. The molecule has 1 N–H and O–H groups in total. The minimum absolute atomic E-state index is 0.0609. The van der Waals surface area contributed by atoms with E-state index in [1.807, 2.05) is 0 Å². The summed E-state index contributed by atoms with van der Waals surface area (Å²) in [5.41, 5.74) is -0.188. The number of aliphatic carboxylic acids is 1. The maximum absolute atomic E-state index is 13.4. The fraction of sp³-hybridized carbons (Fsp3) is 0.417. The number of hydrogen-bond acceptors (Lipinski definition) is 2. The number of benzene rings is 1. The Morgan fingerprint density at radius 3 is 2.88 bits per heavy atom. The highest BCUT2D eigenvalue weighted by molar-refractivity contribution is 5.66. The summed E-state index contributed by atoms with van der Waals surface area (Å²) in [6.07, 6.45) is 0.597. The van der Waals surface area contributed by atoms with Gasteiger partial charge in [-0.25, -0.2) is 4.39 Å². The lowest BCUT2D eigenvalue weighted by molar-refractivity contribution is -0.138. The molecule has 0 saturated heterocycles. The Balaban J connectivity index is 2.20. The second kappa shape index (κ2) is 3.98. The van der Waals surface area contributed by atoms with Crippen LogP contribution in [-0.2, 0) is 11.2 Å². The smallest absolute Gasteiger partial charge is 0.303 e. The van der Waals surface area contributed by atoms with E-state index in [2.05, 4.69) is 0 Å². The fourth-order valence-electron chi connectivity index (χ4n) is 2.02. The van der Waals surface area contributed by atoms with Crippen molar-refractivity contribution < 1.29 is 23.4 Å². The van der Waals surface area contributed by atoms with Crippen LogP contribution >= 0.6 is 0 Å². The zero-order chi connectivity index (χ0) is 12.6. The molecule has 1 aromatic carbocycles. The van der Waals surface area contributed by atoms with Crippen molar-refractivity contribution in [3.63, 3.8) is 0 Å². The van der Waals surface area contributed by atoms with E-state index < -0.39 is 23.2 Å². The SMILES string of the molecule is CC1(CCC(=O)O)Cc2ccc(F)c(F)c2O1. The fourth-order valence-corrected chi connectivity index (χ4v) is 2.02. The summed E-state index contributed by atoms with van der Waals surface area (Å²) in [6.45, 7) is 1.70. The van der Waals surface area contributed by atoms with Crippen molar-refractivity contribution in [1.29, 1.82) is 0 Å². The number of fused-ring (bicyclic) bond motifs is 1. The predicted molar refractivity (Wildman–Crippen MR) is 56.0 cm³/mol. The number of carboxylic acids is 1. The summed E-state index contributed by atoms with van der Waals surface area (Å²) in [4.78, 5) is 10.5. The number of hydrogen-bond donors (Lipinski definition) is 1. The molecule has 0 aliphatic carbocycles. The van der Waals surface area contributed by atoms with Gasteiger partial charge in [0.15, 0.2) is 11.6 Å². The summed E-state index contributed by atoms with van der Waals surface area (Å²) in [5.74, 6) is -2.97. The van der Waals surface area contributed by atoms with Gasteiger partial charge in [-0.3, -0.25) is 4.79 Å². The molecule has 1 aliphatic heterocycles. The van der Waals surface area contributed by atoms with Crippen molar-refractivity contribution in [3.8, 4) is 5.75 Å². The first-order valence-corrected chi connectivity index (χ1v) is 5.29. The molecule has 17 heavy (non-hydrogen) atoms. The van der Waals surface area contributed by atoms with Gasteiger partial charge in [-0.2, -0.15) is 4.39 Å². The second-order valence-corrected chi connectivity index (χ2v) is 4.47. The van der Waals surface area contributed by atoms with E-state index in [0.717, 1.165) is 6.07 Å². The topological polar surface area (TPSA) is 46.5 Å². The van der Waals surface area contributed by atoms with E-state index in [0.29, 0.717) is 12.0 Å². The molecule has 0 fully saturated rings. The third-order valence-corrected chi connectivity index (χ3v) is 2.91. The van der Waals surface area contributed by atoms with E-state index in [4.69, 9.17) is 9.84 Å². The Bertz CT molecular complexity index is 473. The van der Waals surface area contributed by atoms with Gasteiger partial charge in [-0.15, -0.1) is 0 Å². The van der Waals surface area contributed by atoms with Gasteiger partial charge in [0.25, 0.3) is 0 Å². The van der Waals surface area contributed by atoms with Gasteiger partial charge in [0, 0.05) is 18.4 Å². The van der Waals surface area contributed by atoms with Crippen LogP contribution in [0.1, 0.15) is 25.3 Å². The van der Waals surface area contributed by atoms with Crippen LogP contribution in [0.4, 0.5) is 8.78 Å². The van der Waals surface area contributed by atoms with E-state index >= 15 is 0 Å². The highest BCUT2D eigenvalue weighted by atomic mass is 19.2. The quantitative estimate of drug-likeness (QED) is 0.885. The van der Waals surface area contributed by atoms with Gasteiger partial charge in [0.05, 0.1) is 0 Å². The van der Waals surface area contributed by atoms with Crippen LogP contribution in [-0.4, -0.2) is 16.7 Å². The molecule has 1 atom stereocenters. The van der Waals surface area contributed by atoms with Crippen LogP contribution in [0.5, 0.6) is 5.75 Å². The van der Waals surface area contributed by atoms with Crippen LogP contribution in [0.3, 0.4) is 0 Å². The van der Waals surface area contributed by atoms with Gasteiger partial charge >= 0.3 is 5.97 Å². The van der Waals surface area contributed by atoms with Crippen molar-refractivity contribution in [2.24, 2.45) is 0 Å². The van der Waals surface area contributed by atoms with E-state index in [1.54, 1.807) is 6.92 Å². The zero-order valence-corrected chi connectivity index (χ0v) is 9.30. The van der Waals surface area contributed by atoms with Crippen LogP contribution in [0.25, 0.3) is 0 Å². The number of carboxylic acid groups (broad SMARTS) is 1. The first kappa shape index (κ1) is 11.8. The minimum atomic E-state index is -0.999. The minimum Gasteiger partial charge on any atom is -0.484 e. The van der Waals surface area contributed by atoms with E-state index in [9.17, 15) is 13.6 Å². The average molecular weight is 242 g/mol. The number of carbonyl (C=O) groups is 1. The van der Waals surface area contributed by atoms with Gasteiger partial charge in [-0.05, 0) is 19.4 Å². The molecule has 3 nitrogen and oxygen atoms in total. The lowest BCUT2D eigenvalue weighted by Crippen LogP contribution is -2.31. The maximum atomic E-state index is 13.4. The van der Waals surface area contributed by atoms with Crippen molar-refractivity contribution in [2.75, 3.05) is 0 Å². The average Bonchev–Trinajstić information content (AvgIpc) is 2.60. The molecule has 1 aromatic rings. The van der Waals surface area contributed by atoms with E-state index in [-0.39, 0.29) is 18.6 Å². The first-order chi connectivity index (χ1) is 7.91. The molecule has 1 heterocycles. The van der Waals surface area contributed by atoms with Crippen LogP contribution in [0.2, 0.25) is 0 Å². The lowest BCUT2D eigenvalue weighted by atomic mass is 9.94. The third kappa shape index (κ3) is 2.23. The normalized spacial score (nSPS) is 22.1. The Morgan fingerprint density at radius 2 is 2.24 bits per heavy atom. The molecular formula is C12H12F2O3. The molecule has 2 rings (SSSR count). The zero-order valence-electron chi connectivity index (χ0n) is 9.30. The molecule has 0 aromatic heterocycles. The van der Waals surface area contributed by atoms with Crippen molar-refractivity contribution in [1.82, 2.24) is 0 Å². The summed E-state index contributed by atoms with van der Waals surface area (Å²) < 4.78 is 31.8. The summed E-state index contributed by atoms with van der Waals surface area (Å²) in [7, 11) is 0. The third-order valence-electron chi connectivity index (χ3n) is 2.91. The highest BCUT2D eigenvalue weighted by Gasteiger charge is 2.37. The van der Waals surface area contributed by atoms with Gasteiger partial charge in [0.2, 0.25) is 5.82 Å². The largest absolute Gasteiger partial charge is 0.484 e. The van der Waals surface area contributed by atoms with Crippen LogP contribution in [0.15, 0.2) is 12.1 Å². The molecule has 1 unspecified atom stereocenters. The second-order valence-electron chi connectivity index (χ2n) is 4.47. The van der Waals surface area contributed by atoms with E-state index in [1.165, 1.54) is 6.07 Å². The van der Waals surface area contributed by atoms with Crippen molar-refractivity contribution in [2.45, 2.75) is 31.8 Å². The van der Waals surface area contributed by atoms with Gasteiger partial charge in [0.1, 0.15) is 5.60 Å². The Hall–Kier alpha value is -1.65. The molecular weight excluding hydrogens is 230 g/mol. The molecule has 92 valence electrons. The number of rotatable bonds is 3. The highest BCUT2D eigenvalue weighted by Crippen LogP contribution is 2.39. The predicted octanol–water partition coefficient (Wildman–Crippen LogP) is 2.52. The Morgan fingerprint density at radius 1 is 1.53 bits per heavy atom. The van der Waals surface area contributed by atoms with Crippen LogP contribution in [0, 0.1) is 11.6 Å². The molecule has 0 amide bonds. The molecule has 0 bridgehead atoms. The lowest BCUT2D eigenvalue weighted by Gasteiger charge is -2.22. The molecule has 0 saturated carbocycles.